The van der Waals surface area contributed by atoms with Crippen LogP contribution in [0.3, 0.4) is 0 Å². The molecule has 0 aromatic carbocycles. The Hall–Kier alpha value is -1.79. The summed E-state index contributed by atoms with van der Waals surface area (Å²) in [4.78, 5) is 36.2. The summed E-state index contributed by atoms with van der Waals surface area (Å²) in [5, 5.41) is 19.7. The van der Waals surface area contributed by atoms with Crippen LogP contribution in [0.25, 0.3) is 0 Å². The van der Waals surface area contributed by atoms with E-state index in [1.165, 1.54) is 13.8 Å². The summed E-state index contributed by atoms with van der Waals surface area (Å²) in [5.74, 6) is -2.97. The van der Waals surface area contributed by atoms with E-state index < -0.39 is 34.0 Å². The first-order valence-electron chi connectivity index (χ1n) is 6.75. The number of ketones is 2. The molecule has 0 fully saturated rings. The average Bonchev–Trinajstić information content (AvgIpc) is 2.49. The smallest absolute Gasteiger partial charge is 0.315 e. The second kappa shape index (κ2) is 6.98. The van der Waals surface area contributed by atoms with E-state index in [2.05, 4.69) is 13.2 Å². The van der Waals surface area contributed by atoms with Crippen molar-refractivity contribution < 1.29 is 29.3 Å². The van der Waals surface area contributed by atoms with Crippen molar-refractivity contribution >= 4 is 17.5 Å². The van der Waals surface area contributed by atoms with Crippen molar-refractivity contribution in [1.29, 1.82) is 0 Å². The summed E-state index contributed by atoms with van der Waals surface area (Å²) in [7, 11) is 0. The molecule has 0 unspecified atom stereocenters. The van der Waals surface area contributed by atoms with Gasteiger partial charge in [-0.15, -0.1) is 0 Å². The Labute approximate surface area is 130 Å². The van der Waals surface area contributed by atoms with Crippen molar-refractivity contribution in [3.63, 3.8) is 0 Å². The van der Waals surface area contributed by atoms with Crippen LogP contribution in [0.1, 0.15) is 27.7 Å². The number of carbonyl (C=O) groups excluding carboxylic acids is 3. The maximum Gasteiger partial charge on any atom is 0.315 e. The van der Waals surface area contributed by atoms with Crippen LogP contribution in [0.2, 0.25) is 0 Å². The molecule has 124 valence electrons. The van der Waals surface area contributed by atoms with Gasteiger partial charge in [0.1, 0.15) is 5.41 Å². The number of carbonyl (C=O) groups is 3. The Bertz CT molecular complexity index is 467. The van der Waals surface area contributed by atoms with Gasteiger partial charge < -0.3 is 14.9 Å². The molecule has 0 amide bonds. The normalized spacial score (nSPS) is 12.5. The molecule has 22 heavy (non-hydrogen) atoms. The number of aliphatic hydroxyl groups excluding tert-OH is 1. The van der Waals surface area contributed by atoms with E-state index in [0.717, 1.165) is 12.2 Å². The average molecular weight is 312 g/mol. The van der Waals surface area contributed by atoms with Crippen LogP contribution in [-0.2, 0) is 19.1 Å². The largest absolute Gasteiger partial charge is 0.465 e. The maximum absolute atomic E-state index is 12.3. The van der Waals surface area contributed by atoms with Crippen LogP contribution in [0, 0.1) is 10.8 Å². The first-order chi connectivity index (χ1) is 9.90. The number of hydrogen-bond donors (Lipinski definition) is 2. The van der Waals surface area contributed by atoms with Crippen LogP contribution in [0.4, 0.5) is 0 Å². The summed E-state index contributed by atoms with van der Waals surface area (Å²) >= 11 is 0. The van der Waals surface area contributed by atoms with E-state index in [0.29, 0.717) is 0 Å². The molecule has 0 aliphatic heterocycles. The fourth-order valence-electron chi connectivity index (χ4n) is 1.67. The highest BCUT2D eigenvalue weighted by Crippen LogP contribution is 2.35. The topological polar surface area (TPSA) is 101 Å². The molecule has 0 saturated carbocycles. The molecule has 0 rings (SSSR count). The van der Waals surface area contributed by atoms with Crippen molar-refractivity contribution in [1.82, 2.24) is 0 Å². The van der Waals surface area contributed by atoms with E-state index in [9.17, 15) is 19.5 Å². The number of ether oxygens (including phenoxy) is 1. The van der Waals surface area contributed by atoms with Crippen molar-refractivity contribution in [3.05, 3.63) is 25.3 Å². The molecule has 0 spiro atoms. The highest BCUT2D eigenvalue weighted by molar-refractivity contribution is 6.20. The van der Waals surface area contributed by atoms with Crippen LogP contribution < -0.4 is 0 Å². The van der Waals surface area contributed by atoms with Gasteiger partial charge in [0.05, 0.1) is 13.2 Å². The molecular weight excluding hydrogens is 288 g/mol. The van der Waals surface area contributed by atoms with Crippen molar-refractivity contribution in [2.24, 2.45) is 10.8 Å². The van der Waals surface area contributed by atoms with Crippen LogP contribution >= 0.6 is 0 Å². The van der Waals surface area contributed by atoms with Gasteiger partial charge in [-0.25, -0.2) is 0 Å². The summed E-state index contributed by atoms with van der Waals surface area (Å²) in [5.41, 5.74) is -5.18. The number of hydrogen-bond acceptors (Lipinski definition) is 6. The van der Waals surface area contributed by atoms with Gasteiger partial charge in [0.15, 0.2) is 11.6 Å². The molecule has 0 aliphatic carbocycles. The molecule has 6 heteroatoms. The highest BCUT2D eigenvalue weighted by atomic mass is 16.5. The Balaban J connectivity index is 5.58. The number of rotatable bonds is 9. The fraction of sp³-hybridized carbons (Fsp3) is 0.562. The Morgan fingerprint density at radius 3 is 1.77 bits per heavy atom. The molecule has 0 bridgehead atoms. The van der Waals surface area contributed by atoms with Crippen molar-refractivity contribution in [2.75, 3.05) is 13.2 Å². The third kappa shape index (κ3) is 3.69. The third-order valence-corrected chi connectivity index (χ3v) is 3.52. The minimum Gasteiger partial charge on any atom is -0.465 e. The minimum atomic E-state index is -2.64. The molecule has 0 aromatic heterocycles. The lowest BCUT2D eigenvalue weighted by atomic mass is 9.69. The standard InChI is InChI=1S/C16H24O6/c1-7-11(18)16(21,12(19)8-2)15(5,6)13(20)22-10-14(3,4)9-17/h7-8,17,21H,1-2,9-10H2,3-6H3. The zero-order valence-corrected chi connectivity index (χ0v) is 13.5. The predicted molar refractivity (Wildman–Crippen MR) is 81.0 cm³/mol. The first-order valence-corrected chi connectivity index (χ1v) is 6.75. The van der Waals surface area contributed by atoms with Crippen LogP contribution in [0.5, 0.6) is 0 Å². The van der Waals surface area contributed by atoms with Gasteiger partial charge in [0.2, 0.25) is 5.60 Å². The molecule has 0 atom stereocenters. The molecule has 0 aliphatic rings. The van der Waals surface area contributed by atoms with Gasteiger partial charge in [-0.2, -0.15) is 0 Å². The van der Waals surface area contributed by atoms with Gasteiger partial charge in [-0.05, 0) is 26.0 Å². The van der Waals surface area contributed by atoms with Crippen molar-refractivity contribution in [3.8, 4) is 0 Å². The van der Waals surface area contributed by atoms with Crippen LogP contribution in [0.15, 0.2) is 25.3 Å². The Kier molecular flexibility index (Phi) is 6.41. The summed E-state index contributed by atoms with van der Waals surface area (Å²) < 4.78 is 5.07. The molecule has 0 heterocycles. The fourth-order valence-corrected chi connectivity index (χ4v) is 1.67. The molecule has 0 saturated heterocycles. The van der Waals surface area contributed by atoms with Gasteiger partial charge in [-0.1, -0.05) is 27.0 Å². The molecule has 2 N–H and O–H groups in total. The monoisotopic (exact) mass is 312 g/mol. The molecular formula is C16H24O6. The SMILES string of the molecule is C=CC(=O)C(O)(C(=O)C=C)C(C)(C)C(=O)OCC(C)(C)CO. The number of esters is 1. The molecule has 0 aromatic rings. The van der Waals surface area contributed by atoms with E-state index in [4.69, 9.17) is 9.84 Å². The zero-order valence-electron chi connectivity index (χ0n) is 13.5. The van der Waals surface area contributed by atoms with Gasteiger partial charge >= 0.3 is 5.97 Å². The Morgan fingerprint density at radius 1 is 1.05 bits per heavy atom. The summed E-state index contributed by atoms with van der Waals surface area (Å²) in [6.07, 6.45) is 1.54. The van der Waals surface area contributed by atoms with E-state index in [1.54, 1.807) is 13.8 Å². The van der Waals surface area contributed by atoms with E-state index >= 15 is 0 Å². The predicted octanol–water partition coefficient (Wildman–Crippen LogP) is 0.816. The minimum absolute atomic E-state index is 0.133. The molecule has 0 radical (unpaired) electrons. The van der Waals surface area contributed by atoms with E-state index in [1.807, 2.05) is 0 Å². The number of aliphatic hydroxyl groups is 2. The second-order valence-electron chi connectivity index (χ2n) is 6.37. The van der Waals surface area contributed by atoms with Gasteiger partial charge in [0, 0.05) is 5.41 Å². The highest BCUT2D eigenvalue weighted by Gasteiger charge is 2.58. The third-order valence-electron chi connectivity index (χ3n) is 3.52. The Morgan fingerprint density at radius 2 is 1.45 bits per heavy atom. The van der Waals surface area contributed by atoms with E-state index in [-0.39, 0.29) is 13.2 Å². The summed E-state index contributed by atoms with van der Waals surface area (Å²) in [6, 6.07) is 0. The van der Waals surface area contributed by atoms with Crippen molar-refractivity contribution in [2.45, 2.75) is 33.3 Å². The lowest BCUT2D eigenvalue weighted by Crippen LogP contribution is -2.60. The van der Waals surface area contributed by atoms with Gasteiger partial charge in [-0.3, -0.25) is 14.4 Å². The van der Waals surface area contributed by atoms with Gasteiger partial charge in [0.25, 0.3) is 0 Å². The lowest BCUT2D eigenvalue weighted by molar-refractivity contribution is -0.181. The molecule has 6 nitrogen and oxygen atoms in total. The lowest BCUT2D eigenvalue weighted by Gasteiger charge is -2.37. The maximum atomic E-state index is 12.3. The second-order valence-corrected chi connectivity index (χ2v) is 6.37. The summed E-state index contributed by atoms with van der Waals surface area (Å²) in [6.45, 7) is 11.9. The zero-order chi connectivity index (χ0) is 17.8. The quantitative estimate of drug-likeness (QED) is 0.371. The van der Waals surface area contributed by atoms with Crippen LogP contribution in [-0.4, -0.2) is 46.6 Å². The first kappa shape index (κ1) is 20.2.